The minimum Gasteiger partial charge on any atom is -0.493 e. The van der Waals surface area contributed by atoms with Gasteiger partial charge in [0, 0.05) is 6.20 Å². The van der Waals surface area contributed by atoms with Crippen LogP contribution >= 0.6 is 0 Å². The normalized spacial score (nSPS) is 9.00. The fourth-order valence-corrected chi connectivity index (χ4v) is 0.395. The number of aromatic hydroxyl groups is 1. The molecule has 0 aliphatic carbocycles. The molecule has 1 aromatic rings. The lowest BCUT2D eigenvalue weighted by Crippen LogP contribution is -1.89. The van der Waals surface area contributed by atoms with Crippen LogP contribution < -0.4 is 4.74 Å². The number of ether oxygens (including phenoxy) is 1. The van der Waals surface area contributed by atoms with E-state index in [-0.39, 0.29) is 11.9 Å². The zero-order chi connectivity index (χ0) is 6.69. The second-order valence-electron chi connectivity index (χ2n) is 1.32. The highest BCUT2D eigenvalue weighted by molar-refractivity contribution is 5.06. The molecule has 1 rings (SSSR count). The predicted molar refractivity (Wildman–Crippen MR) is 29.1 cm³/mol. The molecule has 0 saturated carbocycles. The first-order chi connectivity index (χ1) is 4.33. The van der Waals surface area contributed by atoms with Crippen LogP contribution in [0.5, 0.6) is 11.9 Å². The van der Waals surface area contributed by atoms with Crippen LogP contribution in [0.3, 0.4) is 0 Å². The summed E-state index contributed by atoms with van der Waals surface area (Å²) in [6, 6.07) is 2.50. The second-order valence-corrected chi connectivity index (χ2v) is 1.32. The molecule has 0 saturated heterocycles. The van der Waals surface area contributed by atoms with Crippen LogP contribution in [0.4, 0.5) is 0 Å². The Bertz CT molecular complexity index is 202. The molecule has 0 aromatic carbocycles. The van der Waals surface area contributed by atoms with Crippen LogP contribution in [0.15, 0.2) is 6.20 Å². The lowest BCUT2D eigenvalue weighted by molar-refractivity contribution is 0.363. The molecule has 0 fully saturated rings. The molecule has 4 nitrogen and oxygen atoms in total. The van der Waals surface area contributed by atoms with Crippen molar-refractivity contribution < 1.29 is 9.84 Å². The highest BCUT2D eigenvalue weighted by Gasteiger charge is 1.93. The average molecular weight is 125 g/mol. The molecule has 0 aliphatic heterocycles. The summed E-state index contributed by atoms with van der Waals surface area (Å²) in [5, 5.41) is 8.66. The highest BCUT2D eigenvalue weighted by Crippen LogP contribution is 2.04. The third-order valence-electron chi connectivity index (χ3n) is 0.753. The molecule has 9 heavy (non-hydrogen) atoms. The third-order valence-corrected chi connectivity index (χ3v) is 0.753. The Morgan fingerprint density at radius 1 is 1.78 bits per heavy atom. The van der Waals surface area contributed by atoms with E-state index in [0.29, 0.717) is 0 Å². The standard InChI is InChI=1S/C5H5N2O2/c1-9-5-6-3-2-4(8)7-5/h3H,1H3,(H,6,7,8). The van der Waals surface area contributed by atoms with Gasteiger partial charge in [-0.15, -0.1) is 0 Å². The van der Waals surface area contributed by atoms with E-state index in [0.717, 1.165) is 0 Å². The van der Waals surface area contributed by atoms with Crippen molar-refractivity contribution >= 4 is 0 Å². The molecule has 1 radical (unpaired) electrons. The molecule has 0 bridgehead atoms. The van der Waals surface area contributed by atoms with Crippen LogP contribution in [0, 0.1) is 6.07 Å². The van der Waals surface area contributed by atoms with Crippen molar-refractivity contribution in [2.75, 3.05) is 7.11 Å². The van der Waals surface area contributed by atoms with Gasteiger partial charge in [-0.05, 0) is 0 Å². The molecule has 0 atom stereocenters. The molecule has 1 heterocycles. The Morgan fingerprint density at radius 3 is 3.00 bits per heavy atom. The van der Waals surface area contributed by atoms with E-state index >= 15 is 0 Å². The molecule has 0 amide bonds. The summed E-state index contributed by atoms with van der Waals surface area (Å²) in [7, 11) is 1.43. The van der Waals surface area contributed by atoms with Crippen molar-refractivity contribution in [1.29, 1.82) is 0 Å². The summed E-state index contributed by atoms with van der Waals surface area (Å²) in [5.41, 5.74) is 0. The maximum Gasteiger partial charge on any atom is 0.319 e. The number of nitrogens with zero attached hydrogens (tertiary/aromatic N) is 2. The van der Waals surface area contributed by atoms with Crippen molar-refractivity contribution in [1.82, 2.24) is 9.97 Å². The van der Waals surface area contributed by atoms with Gasteiger partial charge in [0.1, 0.15) is 0 Å². The summed E-state index contributed by atoms with van der Waals surface area (Å²) in [4.78, 5) is 7.07. The molecule has 4 heteroatoms. The molecule has 47 valence electrons. The van der Waals surface area contributed by atoms with Crippen molar-refractivity contribution in [3.8, 4) is 11.9 Å². The van der Waals surface area contributed by atoms with E-state index in [9.17, 15) is 0 Å². The molecule has 0 aliphatic rings. The molecule has 1 aromatic heterocycles. The topological polar surface area (TPSA) is 55.2 Å². The zero-order valence-corrected chi connectivity index (χ0v) is 4.83. The van der Waals surface area contributed by atoms with E-state index in [1.54, 1.807) is 0 Å². The summed E-state index contributed by atoms with van der Waals surface area (Å²) in [6.07, 6.45) is 1.29. The monoisotopic (exact) mass is 125 g/mol. The van der Waals surface area contributed by atoms with Crippen LogP contribution in [0.2, 0.25) is 0 Å². The van der Waals surface area contributed by atoms with Crippen LogP contribution in [-0.2, 0) is 0 Å². The number of hydrogen-bond acceptors (Lipinski definition) is 4. The van der Waals surface area contributed by atoms with Crippen LogP contribution in [0.1, 0.15) is 0 Å². The number of aromatic nitrogens is 2. The molecule has 0 spiro atoms. The SMILES string of the molecule is COc1nc[c]c(O)n1. The van der Waals surface area contributed by atoms with E-state index in [4.69, 9.17) is 5.11 Å². The minimum absolute atomic E-state index is 0.145. The van der Waals surface area contributed by atoms with Crippen molar-refractivity contribution in [3.63, 3.8) is 0 Å². The fourth-order valence-electron chi connectivity index (χ4n) is 0.395. The Labute approximate surface area is 52.1 Å². The van der Waals surface area contributed by atoms with Gasteiger partial charge < -0.3 is 9.84 Å². The van der Waals surface area contributed by atoms with Gasteiger partial charge in [0.25, 0.3) is 0 Å². The van der Waals surface area contributed by atoms with E-state index in [1.165, 1.54) is 13.3 Å². The van der Waals surface area contributed by atoms with Crippen LogP contribution in [-0.4, -0.2) is 22.2 Å². The Hall–Kier alpha value is -1.32. The van der Waals surface area contributed by atoms with Crippen LogP contribution in [0.25, 0.3) is 0 Å². The maximum absolute atomic E-state index is 8.66. The quantitative estimate of drug-likeness (QED) is 0.573. The number of methoxy groups -OCH3 is 1. The summed E-state index contributed by atoms with van der Waals surface area (Å²) < 4.78 is 4.59. The van der Waals surface area contributed by atoms with Gasteiger partial charge in [-0.1, -0.05) is 0 Å². The van der Waals surface area contributed by atoms with Crippen molar-refractivity contribution in [2.24, 2.45) is 0 Å². The van der Waals surface area contributed by atoms with E-state index in [2.05, 4.69) is 20.8 Å². The minimum atomic E-state index is -0.207. The molecular weight excluding hydrogens is 120 g/mol. The Kier molecular flexibility index (Phi) is 1.48. The summed E-state index contributed by atoms with van der Waals surface area (Å²) >= 11 is 0. The van der Waals surface area contributed by atoms with Gasteiger partial charge in [0.2, 0.25) is 5.88 Å². The van der Waals surface area contributed by atoms with Gasteiger partial charge in [-0.25, -0.2) is 4.98 Å². The van der Waals surface area contributed by atoms with Crippen molar-refractivity contribution in [2.45, 2.75) is 0 Å². The van der Waals surface area contributed by atoms with Gasteiger partial charge in [0.15, 0.2) is 0 Å². The molecular formula is C5H5N2O2. The zero-order valence-electron chi connectivity index (χ0n) is 4.83. The fraction of sp³-hybridized carbons (Fsp3) is 0.200. The van der Waals surface area contributed by atoms with Gasteiger partial charge in [-0.3, -0.25) is 0 Å². The number of hydrogen-bond donors (Lipinski definition) is 1. The van der Waals surface area contributed by atoms with E-state index < -0.39 is 0 Å². The largest absolute Gasteiger partial charge is 0.493 e. The van der Waals surface area contributed by atoms with Gasteiger partial charge in [-0.2, -0.15) is 4.98 Å². The highest BCUT2D eigenvalue weighted by atomic mass is 16.5. The first-order valence-electron chi connectivity index (χ1n) is 2.30. The smallest absolute Gasteiger partial charge is 0.319 e. The first-order valence-corrected chi connectivity index (χ1v) is 2.30. The lowest BCUT2D eigenvalue weighted by atomic mass is 10.6. The second kappa shape index (κ2) is 2.30. The molecule has 0 unspecified atom stereocenters. The maximum atomic E-state index is 8.66. The molecule has 1 N–H and O–H groups in total. The van der Waals surface area contributed by atoms with Crippen molar-refractivity contribution in [3.05, 3.63) is 12.3 Å². The summed E-state index contributed by atoms with van der Waals surface area (Å²) in [6.45, 7) is 0. The summed E-state index contributed by atoms with van der Waals surface area (Å²) in [5.74, 6) is -0.207. The third kappa shape index (κ3) is 1.28. The van der Waals surface area contributed by atoms with Gasteiger partial charge >= 0.3 is 6.01 Å². The predicted octanol–water partition coefficient (Wildman–Crippen LogP) is -0.00901. The van der Waals surface area contributed by atoms with E-state index in [1.807, 2.05) is 0 Å². The Balaban J connectivity index is 2.94. The first kappa shape index (κ1) is 5.81. The van der Waals surface area contributed by atoms with Gasteiger partial charge in [0.05, 0.1) is 13.2 Å². The average Bonchev–Trinajstić information content (AvgIpc) is 1.88. The Morgan fingerprint density at radius 2 is 2.56 bits per heavy atom. The number of rotatable bonds is 1. The lowest BCUT2D eigenvalue weighted by Gasteiger charge is -1.93.